The lowest BCUT2D eigenvalue weighted by Gasteiger charge is -2.35. The van der Waals surface area contributed by atoms with Crippen molar-refractivity contribution in [2.24, 2.45) is 5.92 Å². The number of hydrogen-bond donors (Lipinski definition) is 2. The normalized spacial score (nSPS) is 19.0. The molecule has 0 saturated heterocycles. The van der Waals surface area contributed by atoms with Gasteiger partial charge in [0.25, 0.3) is 0 Å². The van der Waals surface area contributed by atoms with Crippen LogP contribution in [0.3, 0.4) is 0 Å². The first-order valence-corrected chi connectivity index (χ1v) is 6.23. The molecule has 1 saturated carbocycles. The van der Waals surface area contributed by atoms with Gasteiger partial charge in [0, 0.05) is 13.1 Å². The van der Waals surface area contributed by atoms with Crippen LogP contribution in [0.25, 0.3) is 0 Å². The van der Waals surface area contributed by atoms with E-state index in [0.29, 0.717) is 0 Å². The summed E-state index contributed by atoms with van der Waals surface area (Å²) in [7, 11) is 1.73. The molecule has 5 heteroatoms. The average Bonchev–Trinajstić information content (AvgIpc) is 2.21. The van der Waals surface area contributed by atoms with Gasteiger partial charge in [-0.25, -0.2) is 9.59 Å². The van der Waals surface area contributed by atoms with E-state index in [0.717, 1.165) is 25.7 Å². The standard InChI is InChI=1S/C12H22N2O3/c1-4-8(2)10(11(15)16)13-12(17)14(3)9-6-5-7-9/h8-10H,4-7H2,1-3H3,(H,13,17)(H,15,16). The molecule has 0 aromatic rings. The van der Waals surface area contributed by atoms with Gasteiger partial charge in [0.05, 0.1) is 0 Å². The molecule has 2 unspecified atom stereocenters. The largest absolute Gasteiger partial charge is 0.480 e. The van der Waals surface area contributed by atoms with E-state index in [-0.39, 0.29) is 18.0 Å². The first-order valence-electron chi connectivity index (χ1n) is 6.23. The number of rotatable bonds is 5. The molecule has 2 amide bonds. The van der Waals surface area contributed by atoms with Crippen molar-refractivity contribution in [1.29, 1.82) is 0 Å². The topological polar surface area (TPSA) is 69.6 Å². The summed E-state index contributed by atoms with van der Waals surface area (Å²) < 4.78 is 0. The summed E-state index contributed by atoms with van der Waals surface area (Å²) in [5, 5.41) is 11.7. The SMILES string of the molecule is CCC(C)C(NC(=O)N(C)C1CCC1)C(=O)O. The maximum Gasteiger partial charge on any atom is 0.326 e. The van der Waals surface area contributed by atoms with Crippen LogP contribution >= 0.6 is 0 Å². The van der Waals surface area contributed by atoms with E-state index in [9.17, 15) is 9.59 Å². The zero-order valence-corrected chi connectivity index (χ0v) is 10.8. The van der Waals surface area contributed by atoms with E-state index < -0.39 is 12.0 Å². The quantitative estimate of drug-likeness (QED) is 0.770. The number of nitrogens with one attached hydrogen (secondary N) is 1. The van der Waals surface area contributed by atoms with Crippen LogP contribution in [-0.4, -0.2) is 41.1 Å². The van der Waals surface area contributed by atoms with Crippen molar-refractivity contribution in [1.82, 2.24) is 10.2 Å². The summed E-state index contributed by atoms with van der Waals surface area (Å²) in [6.45, 7) is 3.75. The summed E-state index contributed by atoms with van der Waals surface area (Å²) in [4.78, 5) is 24.6. The molecule has 0 aliphatic heterocycles. The summed E-state index contributed by atoms with van der Waals surface area (Å²) in [6.07, 6.45) is 3.91. The number of carboxylic acid groups (broad SMARTS) is 1. The molecule has 2 atom stereocenters. The number of nitrogens with zero attached hydrogens (tertiary/aromatic N) is 1. The van der Waals surface area contributed by atoms with Gasteiger partial charge in [-0.05, 0) is 25.2 Å². The summed E-state index contributed by atoms with van der Waals surface area (Å²) >= 11 is 0. The molecule has 5 nitrogen and oxygen atoms in total. The molecule has 1 aliphatic rings. The first-order chi connectivity index (χ1) is 7.97. The number of amides is 2. The summed E-state index contributed by atoms with van der Waals surface area (Å²) in [5.74, 6) is -1.03. The second-order valence-corrected chi connectivity index (χ2v) is 4.85. The maximum atomic E-state index is 11.9. The maximum absolute atomic E-state index is 11.9. The number of carbonyl (C=O) groups excluding carboxylic acids is 1. The Morgan fingerprint density at radius 3 is 2.41 bits per heavy atom. The zero-order valence-electron chi connectivity index (χ0n) is 10.8. The van der Waals surface area contributed by atoms with Crippen molar-refractivity contribution in [3.05, 3.63) is 0 Å². The van der Waals surface area contributed by atoms with E-state index in [1.807, 2.05) is 13.8 Å². The minimum absolute atomic E-state index is 0.0637. The van der Waals surface area contributed by atoms with Crippen LogP contribution in [0.5, 0.6) is 0 Å². The molecule has 0 radical (unpaired) electrons. The van der Waals surface area contributed by atoms with E-state index in [1.165, 1.54) is 0 Å². The third-order valence-electron chi connectivity index (χ3n) is 3.70. The molecule has 1 rings (SSSR count). The highest BCUT2D eigenvalue weighted by Gasteiger charge is 2.30. The molecule has 0 spiro atoms. The first kappa shape index (κ1) is 13.8. The fourth-order valence-corrected chi connectivity index (χ4v) is 1.86. The van der Waals surface area contributed by atoms with Gasteiger partial charge < -0.3 is 15.3 Å². The van der Waals surface area contributed by atoms with Crippen LogP contribution in [0.2, 0.25) is 0 Å². The Kier molecular flexibility index (Phi) is 4.78. The number of hydrogen-bond acceptors (Lipinski definition) is 2. The lowest BCUT2D eigenvalue weighted by atomic mass is 9.92. The van der Waals surface area contributed by atoms with Gasteiger partial charge in [0.15, 0.2) is 0 Å². The minimum atomic E-state index is -0.963. The Balaban J connectivity index is 2.53. The Hall–Kier alpha value is -1.26. The van der Waals surface area contributed by atoms with Crippen LogP contribution in [0.4, 0.5) is 4.79 Å². The molecular formula is C12H22N2O3. The highest BCUT2D eigenvalue weighted by Crippen LogP contribution is 2.23. The third kappa shape index (κ3) is 3.35. The Labute approximate surface area is 102 Å². The van der Waals surface area contributed by atoms with E-state index >= 15 is 0 Å². The molecule has 0 aromatic heterocycles. The van der Waals surface area contributed by atoms with Crippen LogP contribution in [0.1, 0.15) is 39.5 Å². The monoisotopic (exact) mass is 242 g/mol. The van der Waals surface area contributed by atoms with Crippen molar-refractivity contribution >= 4 is 12.0 Å². The van der Waals surface area contributed by atoms with Crippen LogP contribution < -0.4 is 5.32 Å². The highest BCUT2D eigenvalue weighted by molar-refractivity contribution is 5.82. The minimum Gasteiger partial charge on any atom is -0.480 e. The highest BCUT2D eigenvalue weighted by atomic mass is 16.4. The van der Waals surface area contributed by atoms with Crippen molar-refractivity contribution in [3.8, 4) is 0 Å². The fraction of sp³-hybridized carbons (Fsp3) is 0.833. The summed E-state index contributed by atoms with van der Waals surface area (Å²) in [6, 6.07) is -0.793. The Morgan fingerprint density at radius 2 is 2.06 bits per heavy atom. The van der Waals surface area contributed by atoms with Gasteiger partial charge in [-0.2, -0.15) is 0 Å². The van der Waals surface area contributed by atoms with Crippen LogP contribution in [0.15, 0.2) is 0 Å². The fourth-order valence-electron chi connectivity index (χ4n) is 1.86. The lowest BCUT2D eigenvalue weighted by Crippen LogP contribution is -2.53. The predicted molar refractivity (Wildman–Crippen MR) is 64.8 cm³/mol. The van der Waals surface area contributed by atoms with Crippen molar-refractivity contribution in [2.75, 3.05) is 7.05 Å². The lowest BCUT2D eigenvalue weighted by molar-refractivity contribution is -0.140. The third-order valence-corrected chi connectivity index (χ3v) is 3.70. The molecule has 1 aliphatic carbocycles. The predicted octanol–water partition coefficient (Wildman–Crippen LogP) is 1.68. The van der Waals surface area contributed by atoms with Gasteiger partial charge >= 0.3 is 12.0 Å². The molecule has 17 heavy (non-hydrogen) atoms. The van der Waals surface area contributed by atoms with Gasteiger partial charge in [0.2, 0.25) is 0 Å². The molecule has 0 aromatic carbocycles. The molecular weight excluding hydrogens is 220 g/mol. The van der Waals surface area contributed by atoms with Gasteiger partial charge in [-0.15, -0.1) is 0 Å². The van der Waals surface area contributed by atoms with E-state index in [1.54, 1.807) is 11.9 Å². The number of carboxylic acids is 1. The molecule has 98 valence electrons. The van der Waals surface area contributed by atoms with Crippen molar-refractivity contribution in [2.45, 2.75) is 51.6 Å². The van der Waals surface area contributed by atoms with Gasteiger partial charge in [-0.1, -0.05) is 20.3 Å². The van der Waals surface area contributed by atoms with Crippen LogP contribution in [-0.2, 0) is 4.79 Å². The van der Waals surface area contributed by atoms with Gasteiger partial charge in [0.1, 0.15) is 6.04 Å². The molecule has 2 N–H and O–H groups in total. The van der Waals surface area contributed by atoms with Crippen molar-refractivity contribution < 1.29 is 14.7 Å². The number of carbonyl (C=O) groups is 2. The second-order valence-electron chi connectivity index (χ2n) is 4.85. The Morgan fingerprint density at radius 1 is 1.47 bits per heavy atom. The molecule has 0 bridgehead atoms. The summed E-state index contributed by atoms with van der Waals surface area (Å²) in [5.41, 5.74) is 0. The van der Waals surface area contributed by atoms with Gasteiger partial charge in [-0.3, -0.25) is 0 Å². The van der Waals surface area contributed by atoms with E-state index in [2.05, 4.69) is 5.32 Å². The molecule has 1 fully saturated rings. The van der Waals surface area contributed by atoms with E-state index in [4.69, 9.17) is 5.11 Å². The second kappa shape index (κ2) is 5.89. The number of urea groups is 1. The smallest absolute Gasteiger partial charge is 0.326 e. The Bertz CT molecular complexity index is 289. The molecule has 0 heterocycles. The average molecular weight is 242 g/mol. The zero-order chi connectivity index (χ0) is 13.0. The van der Waals surface area contributed by atoms with Crippen LogP contribution in [0, 0.1) is 5.92 Å². The van der Waals surface area contributed by atoms with Crippen molar-refractivity contribution in [3.63, 3.8) is 0 Å². The number of aliphatic carboxylic acids is 1.